The highest BCUT2D eigenvalue weighted by Gasteiger charge is 2.30. The van der Waals surface area contributed by atoms with Crippen LogP contribution >= 0.6 is 0 Å². The van der Waals surface area contributed by atoms with Gasteiger partial charge < -0.3 is 5.11 Å². The molecule has 1 N–H and O–H groups in total. The molecular weight excluding hydrogens is 312 g/mol. The first-order valence-corrected chi connectivity index (χ1v) is 11.9. The highest BCUT2D eigenvalue weighted by molar-refractivity contribution is 6.57. The molecule has 0 saturated heterocycles. The van der Waals surface area contributed by atoms with Gasteiger partial charge >= 0.3 is 0 Å². The van der Waals surface area contributed by atoms with Crippen LogP contribution in [0.15, 0.2) is 54.6 Å². The molecule has 0 spiro atoms. The lowest BCUT2D eigenvalue weighted by Gasteiger charge is -2.25. The predicted octanol–water partition coefficient (Wildman–Crippen LogP) is 4.58. The van der Waals surface area contributed by atoms with E-state index in [1.54, 1.807) is 0 Å². The summed E-state index contributed by atoms with van der Waals surface area (Å²) >= 11 is 0. The van der Waals surface area contributed by atoms with Crippen LogP contribution in [-0.2, 0) is 4.79 Å². The molecule has 2 rings (SSSR count). The smallest absolute Gasteiger partial charge is 0.142 e. The summed E-state index contributed by atoms with van der Waals surface area (Å²) in [6.45, 7) is 6.29. The first kappa shape index (κ1) is 18.6. The van der Waals surface area contributed by atoms with Crippen LogP contribution in [0.2, 0.25) is 13.1 Å². The number of ketones is 1. The molecule has 0 saturated carbocycles. The van der Waals surface area contributed by atoms with Gasteiger partial charge in [0.2, 0.25) is 0 Å². The monoisotopic (exact) mass is 340 g/mol. The molecular formula is C21H28O2Si. The maximum absolute atomic E-state index is 12.7. The van der Waals surface area contributed by atoms with Crippen molar-refractivity contribution in [3.05, 3.63) is 60.2 Å². The zero-order valence-electron chi connectivity index (χ0n) is 14.9. The Labute approximate surface area is 147 Å². The lowest BCUT2D eigenvalue weighted by molar-refractivity contribution is -0.122. The van der Waals surface area contributed by atoms with E-state index in [9.17, 15) is 9.90 Å². The topological polar surface area (TPSA) is 37.3 Å². The summed E-state index contributed by atoms with van der Waals surface area (Å²) in [5.41, 5.74) is 2.74. The molecule has 0 heterocycles. The van der Waals surface area contributed by atoms with E-state index < -0.39 is 14.5 Å². The van der Waals surface area contributed by atoms with E-state index in [0.29, 0.717) is 6.42 Å². The average molecular weight is 341 g/mol. The van der Waals surface area contributed by atoms with Gasteiger partial charge in [0.05, 0.1) is 20.4 Å². The maximum Gasteiger partial charge on any atom is 0.142 e. The molecule has 2 aromatic carbocycles. The van der Waals surface area contributed by atoms with Crippen molar-refractivity contribution < 1.29 is 9.90 Å². The molecule has 0 aliphatic rings. The van der Waals surface area contributed by atoms with Gasteiger partial charge in [0.15, 0.2) is 0 Å². The van der Waals surface area contributed by atoms with Gasteiger partial charge in [0.25, 0.3) is 0 Å². The van der Waals surface area contributed by atoms with Crippen molar-refractivity contribution in [1.29, 1.82) is 0 Å². The van der Waals surface area contributed by atoms with E-state index in [1.165, 1.54) is 0 Å². The summed E-state index contributed by atoms with van der Waals surface area (Å²) < 4.78 is 0. The molecule has 24 heavy (non-hydrogen) atoms. The summed E-state index contributed by atoms with van der Waals surface area (Å²) in [4.78, 5) is 12.7. The third-order valence-electron chi connectivity index (χ3n) is 4.53. The van der Waals surface area contributed by atoms with Crippen LogP contribution < -0.4 is 0 Å². The first-order chi connectivity index (χ1) is 11.5. The van der Waals surface area contributed by atoms with Crippen molar-refractivity contribution in [3.8, 4) is 11.1 Å². The van der Waals surface area contributed by atoms with Gasteiger partial charge in [0.1, 0.15) is 5.78 Å². The Morgan fingerprint density at radius 2 is 1.58 bits per heavy atom. The Morgan fingerprint density at radius 3 is 2.12 bits per heavy atom. The largest absolute Gasteiger partial charge is 0.396 e. The van der Waals surface area contributed by atoms with E-state index >= 15 is 0 Å². The molecule has 3 heteroatoms. The van der Waals surface area contributed by atoms with Gasteiger partial charge in [-0.3, -0.25) is 4.79 Å². The quantitative estimate of drug-likeness (QED) is 0.714. The third kappa shape index (κ3) is 4.65. The van der Waals surface area contributed by atoms with Crippen LogP contribution in [-0.4, -0.2) is 25.4 Å². The molecule has 2 nitrogen and oxygen atoms in total. The summed E-state index contributed by atoms with van der Waals surface area (Å²) in [7, 11) is -1.32. The molecule has 0 aliphatic heterocycles. The predicted molar refractivity (Wildman–Crippen MR) is 104 cm³/mol. The normalized spacial score (nSPS) is 13.7. The van der Waals surface area contributed by atoms with E-state index in [4.69, 9.17) is 0 Å². The van der Waals surface area contributed by atoms with E-state index in [0.717, 1.165) is 29.5 Å². The Balaban J connectivity index is 2.27. The Bertz CT molecular complexity index is 635. The Hall–Kier alpha value is -1.71. The molecule has 0 aromatic heterocycles. The number of hydrogen-bond acceptors (Lipinski definition) is 2. The third-order valence-corrected chi connectivity index (χ3v) is 6.28. The fourth-order valence-electron chi connectivity index (χ4n) is 2.98. The zero-order chi connectivity index (χ0) is 17.5. The van der Waals surface area contributed by atoms with Crippen LogP contribution in [0.3, 0.4) is 0 Å². The number of unbranched alkanes of at least 4 members (excludes halogenated alkanes) is 1. The molecule has 0 aliphatic carbocycles. The summed E-state index contributed by atoms with van der Waals surface area (Å²) in [5, 5.41) is 10.6. The van der Waals surface area contributed by atoms with Crippen molar-refractivity contribution in [2.45, 2.75) is 50.9 Å². The number of aliphatic hydroxyl groups is 1. The van der Waals surface area contributed by atoms with Crippen LogP contribution in [0.25, 0.3) is 11.1 Å². The number of aliphatic hydroxyl groups excluding tert-OH is 1. The van der Waals surface area contributed by atoms with Crippen LogP contribution in [0.5, 0.6) is 0 Å². The van der Waals surface area contributed by atoms with Gasteiger partial charge in [-0.15, -0.1) is 0 Å². The van der Waals surface area contributed by atoms with Crippen molar-refractivity contribution in [2.75, 3.05) is 0 Å². The molecule has 0 bridgehead atoms. The van der Waals surface area contributed by atoms with E-state index in [1.807, 2.05) is 30.3 Å². The highest BCUT2D eigenvalue weighted by atomic mass is 28.3. The molecule has 128 valence electrons. The van der Waals surface area contributed by atoms with Crippen LogP contribution in [0, 0.1) is 0 Å². The van der Waals surface area contributed by atoms with Crippen molar-refractivity contribution >= 4 is 14.6 Å². The van der Waals surface area contributed by atoms with E-state index in [2.05, 4.69) is 44.3 Å². The fourth-order valence-corrected chi connectivity index (χ4v) is 4.19. The second-order valence-electron chi connectivity index (χ2n) is 6.77. The molecule has 2 atom stereocenters. The Morgan fingerprint density at radius 1 is 1.00 bits per heavy atom. The minimum Gasteiger partial charge on any atom is -0.396 e. The number of carbonyl (C=O) groups is 1. The van der Waals surface area contributed by atoms with Crippen molar-refractivity contribution in [1.82, 2.24) is 0 Å². The van der Waals surface area contributed by atoms with Crippen LogP contribution in [0.1, 0.15) is 37.7 Å². The number of rotatable bonds is 8. The summed E-state index contributed by atoms with van der Waals surface area (Å²) in [5.74, 6) is -0.189. The van der Waals surface area contributed by atoms with Gasteiger partial charge in [-0.25, -0.2) is 0 Å². The molecule has 2 aromatic rings. The van der Waals surface area contributed by atoms with E-state index in [-0.39, 0.29) is 11.7 Å². The molecule has 0 fully saturated rings. The van der Waals surface area contributed by atoms with Crippen molar-refractivity contribution in [2.24, 2.45) is 0 Å². The standard InChI is InChI=1S/C21H28O2Si/c1-4-5-11-19(22)20(21(23)24(2)3)18-14-12-17(13-15-18)16-9-7-6-8-10-16/h6-10,12-15,20-21,23-24H,4-5,11H2,1-3H3. The van der Waals surface area contributed by atoms with Crippen LogP contribution in [0.4, 0.5) is 0 Å². The van der Waals surface area contributed by atoms with Gasteiger partial charge in [-0.1, -0.05) is 81.0 Å². The lowest BCUT2D eigenvalue weighted by Crippen LogP contribution is -2.35. The summed E-state index contributed by atoms with van der Waals surface area (Å²) in [6, 6.07) is 18.3. The number of hydrogen-bond donors (Lipinski definition) is 1. The van der Waals surface area contributed by atoms with Gasteiger partial charge in [0, 0.05) is 6.42 Å². The number of carbonyl (C=O) groups excluding carboxylic acids is 1. The number of benzene rings is 2. The maximum atomic E-state index is 12.7. The lowest BCUT2D eigenvalue weighted by atomic mass is 9.91. The second-order valence-corrected chi connectivity index (χ2v) is 9.94. The first-order valence-electron chi connectivity index (χ1n) is 8.90. The molecule has 2 unspecified atom stereocenters. The number of Topliss-reactive ketones (excluding diaryl/α,β-unsaturated/α-hetero) is 1. The SMILES string of the molecule is CCCCC(=O)C(c1ccc(-c2ccccc2)cc1)C(O)[SiH](C)C. The molecule has 0 radical (unpaired) electrons. The summed E-state index contributed by atoms with van der Waals surface area (Å²) in [6.07, 6.45) is 2.45. The average Bonchev–Trinajstić information content (AvgIpc) is 2.61. The Kier molecular flexibility index (Phi) is 6.94. The van der Waals surface area contributed by atoms with Gasteiger partial charge in [-0.2, -0.15) is 0 Å². The molecule has 0 amide bonds. The minimum absolute atomic E-state index is 0.179. The van der Waals surface area contributed by atoms with Gasteiger partial charge in [-0.05, 0) is 23.1 Å². The minimum atomic E-state index is -1.32. The zero-order valence-corrected chi connectivity index (χ0v) is 16.1. The fraction of sp³-hybridized carbons (Fsp3) is 0.381. The second kappa shape index (κ2) is 8.95. The highest BCUT2D eigenvalue weighted by Crippen LogP contribution is 2.28. The van der Waals surface area contributed by atoms with Crippen molar-refractivity contribution in [3.63, 3.8) is 0 Å².